The van der Waals surface area contributed by atoms with Crippen molar-refractivity contribution in [2.75, 3.05) is 13.7 Å². The van der Waals surface area contributed by atoms with Gasteiger partial charge in [-0.2, -0.15) is 0 Å². The molecule has 0 spiro atoms. The summed E-state index contributed by atoms with van der Waals surface area (Å²) >= 11 is 0. The molecule has 94 valence electrons. The molecular formula is C14H21NO2. The van der Waals surface area contributed by atoms with E-state index in [1.54, 1.807) is 0 Å². The highest BCUT2D eigenvalue weighted by Gasteiger charge is 2.31. The maximum absolute atomic E-state index is 10.2. The van der Waals surface area contributed by atoms with Crippen LogP contribution in [0.4, 0.5) is 0 Å². The molecule has 1 fully saturated rings. The highest BCUT2D eigenvalue weighted by atomic mass is 16.5. The molecule has 1 aromatic rings. The predicted octanol–water partition coefficient (Wildman–Crippen LogP) is 2.09. The van der Waals surface area contributed by atoms with Crippen LogP contribution in [0.5, 0.6) is 5.75 Å². The van der Waals surface area contributed by atoms with Gasteiger partial charge in [0.1, 0.15) is 12.4 Å². The van der Waals surface area contributed by atoms with Crippen molar-refractivity contribution in [2.24, 2.45) is 0 Å². The molecule has 3 heteroatoms. The molecule has 0 amide bonds. The van der Waals surface area contributed by atoms with Crippen LogP contribution in [0.15, 0.2) is 24.3 Å². The van der Waals surface area contributed by atoms with Gasteiger partial charge in [-0.3, -0.25) is 0 Å². The summed E-state index contributed by atoms with van der Waals surface area (Å²) in [6.45, 7) is 1.25. The van der Waals surface area contributed by atoms with Crippen molar-refractivity contribution < 1.29 is 9.84 Å². The zero-order valence-electron chi connectivity index (χ0n) is 10.4. The molecule has 1 aromatic carbocycles. The van der Waals surface area contributed by atoms with Gasteiger partial charge in [0.05, 0.1) is 5.60 Å². The van der Waals surface area contributed by atoms with E-state index >= 15 is 0 Å². The summed E-state index contributed by atoms with van der Waals surface area (Å²) in [4.78, 5) is 0. The van der Waals surface area contributed by atoms with Gasteiger partial charge in [0.2, 0.25) is 0 Å². The number of hydrogen-bond acceptors (Lipinski definition) is 3. The van der Waals surface area contributed by atoms with Crippen LogP contribution in [-0.4, -0.2) is 24.4 Å². The third-order valence-corrected chi connectivity index (χ3v) is 3.32. The molecule has 2 rings (SSSR count). The molecule has 0 aliphatic heterocycles. The van der Waals surface area contributed by atoms with Crippen LogP contribution < -0.4 is 10.1 Å². The molecule has 0 aromatic heterocycles. The largest absolute Gasteiger partial charge is 0.491 e. The lowest BCUT2D eigenvalue weighted by Crippen LogP contribution is -2.32. The summed E-state index contributed by atoms with van der Waals surface area (Å²) in [7, 11) is 1.93. The van der Waals surface area contributed by atoms with E-state index in [1.165, 1.54) is 5.56 Å². The maximum atomic E-state index is 10.2. The van der Waals surface area contributed by atoms with Gasteiger partial charge in [0.15, 0.2) is 0 Å². The number of nitrogens with one attached hydrogen (secondary N) is 1. The van der Waals surface area contributed by atoms with Crippen molar-refractivity contribution in [1.29, 1.82) is 0 Å². The van der Waals surface area contributed by atoms with Crippen LogP contribution in [0.3, 0.4) is 0 Å². The molecule has 0 saturated heterocycles. The average molecular weight is 235 g/mol. The molecule has 0 atom stereocenters. The highest BCUT2D eigenvalue weighted by Crippen LogP contribution is 2.30. The Kier molecular flexibility index (Phi) is 4.02. The average Bonchev–Trinajstić information content (AvgIpc) is 2.76. The van der Waals surface area contributed by atoms with Gasteiger partial charge in [-0.05, 0) is 37.6 Å². The lowest BCUT2D eigenvalue weighted by atomic mass is 10.0. The first kappa shape index (κ1) is 12.4. The fourth-order valence-corrected chi connectivity index (χ4v) is 2.34. The van der Waals surface area contributed by atoms with E-state index in [1.807, 2.05) is 25.2 Å². The smallest absolute Gasteiger partial charge is 0.119 e. The van der Waals surface area contributed by atoms with Gasteiger partial charge in [0.25, 0.3) is 0 Å². The molecule has 17 heavy (non-hydrogen) atoms. The first-order valence-electron chi connectivity index (χ1n) is 6.31. The minimum Gasteiger partial charge on any atom is -0.491 e. The second-order valence-electron chi connectivity index (χ2n) is 4.90. The Morgan fingerprint density at radius 2 is 2.12 bits per heavy atom. The highest BCUT2D eigenvalue weighted by molar-refractivity contribution is 5.28. The number of ether oxygens (including phenoxy) is 1. The number of hydrogen-bond donors (Lipinski definition) is 2. The topological polar surface area (TPSA) is 41.5 Å². The Morgan fingerprint density at radius 1 is 1.35 bits per heavy atom. The standard InChI is InChI=1S/C14H21NO2/c1-15-10-12-5-4-6-13(9-12)17-11-14(16)7-2-3-8-14/h4-6,9,15-16H,2-3,7-8,10-11H2,1H3. The van der Waals surface area contributed by atoms with Crippen LogP contribution >= 0.6 is 0 Å². The van der Waals surface area contributed by atoms with E-state index in [0.29, 0.717) is 6.61 Å². The number of rotatable bonds is 5. The van der Waals surface area contributed by atoms with Crippen molar-refractivity contribution in [3.63, 3.8) is 0 Å². The first-order valence-corrected chi connectivity index (χ1v) is 6.31. The van der Waals surface area contributed by atoms with Crippen LogP contribution in [0.2, 0.25) is 0 Å². The minimum absolute atomic E-state index is 0.413. The second kappa shape index (κ2) is 5.52. The van der Waals surface area contributed by atoms with Crippen molar-refractivity contribution in [3.05, 3.63) is 29.8 Å². The molecule has 0 unspecified atom stereocenters. The Labute approximate surface area is 103 Å². The molecule has 3 nitrogen and oxygen atoms in total. The van der Waals surface area contributed by atoms with E-state index < -0.39 is 5.60 Å². The zero-order valence-corrected chi connectivity index (χ0v) is 10.4. The quantitative estimate of drug-likeness (QED) is 0.821. The number of aliphatic hydroxyl groups is 1. The Bertz CT molecular complexity index is 359. The fourth-order valence-electron chi connectivity index (χ4n) is 2.34. The lowest BCUT2D eigenvalue weighted by molar-refractivity contribution is 0.00138. The summed E-state index contributed by atoms with van der Waals surface area (Å²) in [5.74, 6) is 0.845. The van der Waals surface area contributed by atoms with Crippen molar-refractivity contribution in [3.8, 4) is 5.75 Å². The van der Waals surface area contributed by atoms with Crippen LogP contribution in [0.25, 0.3) is 0 Å². The second-order valence-corrected chi connectivity index (χ2v) is 4.90. The summed E-state index contributed by atoms with van der Waals surface area (Å²) in [5.41, 5.74) is 0.599. The van der Waals surface area contributed by atoms with Crippen LogP contribution in [-0.2, 0) is 6.54 Å². The molecule has 2 N–H and O–H groups in total. The number of benzene rings is 1. The van der Waals surface area contributed by atoms with E-state index in [2.05, 4.69) is 11.4 Å². The van der Waals surface area contributed by atoms with Crippen molar-refractivity contribution in [2.45, 2.75) is 37.8 Å². The Morgan fingerprint density at radius 3 is 2.82 bits per heavy atom. The molecule has 1 aliphatic carbocycles. The molecule has 0 bridgehead atoms. The normalized spacial score (nSPS) is 18.2. The Balaban J connectivity index is 1.91. The predicted molar refractivity (Wildman–Crippen MR) is 68.1 cm³/mol. The van der Waals surface area contributed by atoms with Gasteiger partial charge in [-0.25, -0.2) is 0 Å². The monoisotopic (exact) mass is 235 g/mol. The van der Waals surface area contributed by atoms with Crippen LogP contribution in [0, 0.1) is 0 Å². The third kappa shape index (κ3) is 3.45. The molecule has 0 heterocycles. The molecular weight excluding hydrogens is 214 g/mol. The van der Waals surface area contributed by atoms with Gasteiger partial charge < -0.3 is 15.2 Å². The van der Waals surface area contributed by atoms with Gasteiger partial charge >= 0.3 is 0 Å². The molecule has 1 aliphatic rings. The summed E-state index contributed by atoms with van der Waals surface area (Å²) in [5, 5.41) is 13.3. The van der Waals surface area contributed by atoms with Gasteiger partial charge in [0, 0.05) is 6.54 Å². The third-order valence-electron chi connectivity index (χ3n) is 3.32. The van der Waals surface area contributed by atoms with E-state index in [-0.39, 0.29) is 0 Å². The zero-order chi connectivity index (χ0) is 12.1. The first-order chi connectivity index (χ1) is 8.22. The lowest BCUT2D eigenvalue weighted by Gasteiger charge is -2.22. The maximum Gasteiger partial charge on any atom is 0.119 e. The van der Waals surface area contributed by atoms with E-state index in [0.717, 1.165) is 38.0 Å². The molecule has 1 saturated carbocycles. The van der Waals surface area contributed by atoms with Gasteiger partial charge in [-0.1, -0.05) is 25.0 Å². The fraction of sp³-hybridized carbons (Fsp3) is 0.571. The SMILES string of the molecule is CNCc1cccc(OCC2(O)CCCC2)c1. The Hall–Kier alpha value is -1.06. The summed E-state index contributed by atoms with van der Waals surface area (Å²) in [6.07, 6.45) is 3.95. The van der Waals surface area contributed by atoms with Crippen LogP contribution in [0.1, 0.15) is 31.2 Å². The summed E-state index contributed by atoms with van der Waals surface area (Å²) < 4.78 is 5.70. The van der Waals surface area contributed by atoms with E-state index in [9.17, 15) is 5.11 Å². The van der Waals surface area contributed by atoms with Crippen molar-refractivity contribution in [1.82, 2.24) is 5.32 Å². The van der Waals surface area contributed by atoms with Crippen molar-refractivity contribution >= 4 is 0 Å². The summed E-state index contributed by atoms with van der Waals surface area (Å²) in [6, 6.07) is 8.01. The molecule has 0 radical (unpaired) electrons. The van der Waals surface area contributed by atoms with Gasteiger partial charge in [-0.15, -0.1) is 0 Å². The van der Waals surface area contributed by atoms with E-state index in [4.69, 9.17) is 4.74 Å². The minimum atomic E-state index is -0.598.